The molecule has 19 unspecified atom stereocenters. The minimum atomic E-state index is -1.99. The molecule has 3 saturated heterocycles. The van der Waals surface area contributed by atoms with Gasteiger partial charge in [-0.1, -0.05) is 44.5 Å². The summed E-state index contributed by atoms with van der Waals surface area (Å²) in [6, 6.07) is -5.92. The number of esters is 4. The first-order valence-corrected chi connectivity index (χ1v) is 19.9. The molecule has 358 valence electrons. The summed E-state index contributed by atoms with van der Waals surface area (Å²) < 4.78 is 75.4. The van der Waals surface area contributed by atoms with Crippen molar-refractivity contribution in [2.24, 2.45) is 42.5 Å². The lowest BCUT2D eigenvalue weighted by Gasteiger charge is -2.47. The monoisotopic (exact) mass is 936 g/mol. The minimum absolute atomic E-state index is 0.407. The van der Waals surface area contributed by atoms with Crippen LogP contribution in [0.1, 0.15) is 48.0 Å². The van der Waals surface area contributed by atoms with Crippen LogP contribution in [0, 0.1) is 11.8 Å². The van der Waals surface area contributed by atoms with Gasteiger partial charge in [-0.05, 0) is 39.6 Å². The maximum Gasteiger partial charge on any atom is 0.303 e. The number of ether oxygens (including phenoxy) is 10. The SMILES string of the molecule is CC(=O)OCC1OC(OC2C(OC(C)=O)C(N=[N+]=[N-])CC(N=[N+]=[N-])C2OC2OC(CN=[N+]=[N-])C(C)C(F)C2N=[N+]=[N-])C(OC(C)=O)C1OC1OC(CN=[N+]=[N-])C(OC(C)=O)C(C)C1N=[N+]=[N-]. The quantitative estimate of drug-likeness (QED) is 0.0539. The third-order valence-corrected chi connectivity index (χ3v) is 10.8. The number of nitrogens with zero attached hydrogens (tertiary/aromatic N) is 18. The van der Waals surface area contributed by atoms with Gasteiger partial charge >= 0.3 is 23.9 Å². The molecule has 4 fully saturated rings. The van der Waals surface area contributed by atoms with Gasteiger partial charge < -0.3 is 47.4 Å². The van der Waals surface area contributed by atoms with Crippen LogP contribution in [0.15, 0.2) is 30.7 Å². The lowest BCUT2D eigenvalue weighted by molar-refractivity contribution is -0.299. The second kappa shape index (κ2) is 24.6. The Morgan fingerprint density at radius 1 is 0.530 bits per heavy atom. The maximum absolute atomic E-state index is 16.0. The van der Waals surface area contributed by atoms with Gasteiger partial charge in [-0.25, -0.2) is 4.39 Å². The van der Waals surface area contributed by atoms with E-state index in [1.807, 2.05) is 0 Å². The normalized spacial score (nSPS) is 36.9. The van der Waals surface area contributed by atoms with Gasteiger partial charge in [-0.3, -0.25) is 19.2 Å². The molecule has 0 spiro atoms. The van der Waals surface area contributed by atoms with Crippen LogP contribution in [0.5, 0.6) is 0 Å². The summed E-state index contributed by atoms with van der Waals surface area (Å²) in [5, 5.41) is 21.8. The van der Waals surface area contributed by atoms with E-state index in [1.165, 1.54) is 13.8 Å². The largest absolute Gasteiger partial charge is 0.463 e. The number of hydrogen-bond donors (Lipinski definition) is 0. The highest BCUT2D eigenvalue weighted by atomic mass is 19.1. The summed E-state index contributed by atoms with van der Waals surface area (Å²) >= 11 is 0. The number of azide groups is 6. The van der Waals surface area contributed by atoms with E-state index < -0.39 is 166 Å². The molecule has 66 heavy (non-hydrogen) atoms. The van der Waals surface area contributed by atoms with E-state index in [2.05, 4.69) is 60.2 Å². The van der Waals surface area contributed by atoms with Gasteiger partial charge in [-0.2, -0.15) is 0 Å². The predicted molar refractivity (Wildman–Crippen MR) is 211 cm³/mol. The van der Waals surface area contributed by atoms with Crippen LogP contribution in [0.4, 0.5) is 4.39 Å². The number of hydrogen-bond acceptors (Lipinski definition) is 20. The molecule has 32 nitrogen and oxygen atoms in total. The molecule has 0 amide bonds. The van der Waals surface area contributed by atoms with Crippen molar-refractivity contribution in [2.75, 3.05) is 19.7 Å². The lowest BCUT2D eigenvalue weighted by Crippen LogP contribution is -2.62. The zero-order valence-corrected chi connectivity index (χ0v) is 35.9. The average Bonchev–Trinajstić information content (AvgIpc) is 3.56. The molecular weight excluding hydrogens is 891 g/mol. The van der Waals surface area contributed by atoms with Gasteiger partial charge in [-0.15, -0.1) is 0 Å². The van der Waals surface area contributed by atoms with Crippen LogP contribution in [0.2, 0.25) is 0 Å². The van der Waals surface area contributed by atoms with Crippen LogP contribution < -0.4 is 0 Å². The van der Waals surface area contributed by atoms with E-state index in [9.17, 15) is 41.3 Å². The Morgan fingerprint density at radius 2 is 1.00 bits per heavy atom. The van der Waals surface area contributed by atoms with E-state index >= 15 is 4.39 Å². The number of carbonyl (C=O) groups is 4. The first-order valence-electron chi connectivity index (χ1n) is 19.9. The van der Waals surface area contributed by atoms with Gasteiger partial charge in [0.05, 0.1) is 43.4 Å². The zero-order chi connectivity index (χ0) is 48.7. The van der Waals surface area contributed by atoms with E-state index in [4.69, 9.17) is 58.4 Å². The Balaban J connectivity index is 1.88. The molecular formula is C33H45FN18O14. The highest BCUT2D eigenvalue weighted by Gasteiger charge is 2.58. The Labute approximate surface area is 371 Å². The number of rotatable bonds is 19. The fourth-order valence-electron chi connectivity index (χ4n) is 7.98. The van der Waals surface area contributed by atoms with Crippen LogP contribution in [0.25, 0.3) is 62.7 Å². The van der Waals surface area contributed by atoms with Crippen LogP contribution in [0.3, 0.4) is 0 Å². The first kappa shape index (κ1) is 52.1. The summed E-state index contributed by atoms with van der Waals surface area (Å²) in [5.74, 6) is -5.43. The minimum Gasteiger partial charge on any atom is -0.463 e. The average molecular weight is 937 g/mol. The molecule has 0 N–H and O–H groups in total. The molecule has 4 rings (SSSR count). The fraction of sp³-hybridized carbons (Fsp3) is 0.879. The summed E-state index contributed by atoms with van der Waals surface area (Å²) in [7, 11) is 0. The van der Waals surface area contributed by atoms with Crippen molar-refractivity contribution in [1.82, 2.24) is 0 Å². The smallest absolute Gasteiger partial charge is 0.303 e. The standard InChI is InChI=1S/C33H45FN18O14/c1-11-19(8-41-47-35)61-32(24(22(11)34)46-52-40)64-27-18(44-50-38)7-17(43-49-37)26(59-15(5)55)29(27)66-33-30(60-16(6)56)28(21(63-33)10-57-13(3)53)65-31-23(45-51-39)12(2)25(58-14(4)54)20(62-31)9-42-48-36/h11-12,17-33H,7-10H2,1-6H3. The molecule has 0 aromatic heterocycles. The third-order valence-electron chi connectivity index (χ3n) is 10.8. The molecule has 33 heteroatoms. The number of alkyl halides is 1. The summed E-state index contributed by atoms with van der Waals surface area (Å²) in [6.07, 6.45) is -21.4. The van der Waals surface area contributed by atoms with E-state index in [0.717, 1.165) is 27.7 Å². The second-order valence-electron chi connectivity index (χ2n) is 15.1. The van der Waals surface area contributed by atoms with Crippen molar-refractivity contribution in [3.05, 3.63) is 62.7 Å². The fourth-order valence-corrected chi connectivity index (χ4v) is 7.98. The van der Waals surface area contributed by atoms with Gasteiger partial charge in [0.1, 0.15) is 55.4 Å². The highest BCUT2D eigenvalue weighted by Crippen LogP contribution is 2.41. The predicted octanol–water partition coefficient (Wildman–Crippen LogP) is 5.03. The molecule has 4 aliphatic rings. The Morgan fingerprint density at radius 3 is 1.56 bits per heavy atom. The topological polar surface area (TPSA) is 453 Å². The van der Waals surface area contributed by atoms with Crippen molar-refractivity contribution >= 4 is 23.9 Å². The molecule has 19 atom stereocenters. The lowest BCUT2D eigenvalue weighted by atomic mass is 9.83. The van der Waals surface area contributed by atoms with Crippen molar-refractivity contribution in [2.45, 2.75) is 152 Å². The molecule has 3 aliphatic heterocycles. The molecule has 3 heterocycles. The van der Waals surface area contributed by atoms with Gasteiger partial charge in [0.25, 0.3) is 0 Å². The van der Waals surface area contributed by atoms with Gasteiger partial charge in [0.2, 0.25) is 0 Å². The van der Waals surface area contributed by atoms with Crippen molar-refractivity contribution in [1.29, 1.82) is 0 Å². The Kier molecular flexibility index (Phi) is 19.4. The van der Waals surface area contributed by atoms with Crippen molar-refractivity contribution < 1.29 is 70.9 Å². The molecule has 0 radical (unpaired) electrons. The zero-order valence-electron chi connectivity index (χ0n) is 35.9. The van der Waals surface area contributed by atoms with Crippen LogP contribution in [-0.2, 0) is 66.5 Å². The van der Waals surface area contributed by atoms with E-state index in [1.54, 1.807) is 0 Å². The van der Waals surface area contributed by atoms with Gasteiger partial charge in [0.15, 0.2) is 25.0 Å². The first-order chi connectivity index (χ1) is 31.5. The molecule has 0 aromatic carbocycles. The number of carbonyl (C=O) groups excluding carboxylic acids is 4. The van der Waals surface area contributed by atoms with Crippen LogP contribution >= 0.6 is 0 Å². The van der Waals surface area contributed by atoms with E-state index in [-0.39, 0.29) is 0 Å². The van der Waals surface area contributed by atoms with Crippen molar-refractivity contribution in [3.8, 4) is 0 Å². The number of halogens is 1. The maximum atomic E-state index is 16.0. The van der Waals surface area contributed by atoms with Gasteiger partial charge in [0, 0.05) is 69.0 Å². The molecule has 0 aromatic rings. The Hall–Kier alpha value is -6.57. The Bertz CT molecular complexity index is 2070. The molecule has 0 bridgehead atoms. The highest BCUT2D eigenvalue weighted by molar-refractivity contribution is 5.67. The van der Waals surface area contributed by atoms with E-state index in [0.29, 0.717) is 0 Å². The summed E-state index contributed by atoms with van der Waals surface area (Å²) in [6.45, 7) is 5.63. The van der Waals surface area contributed by atoms with Crippen LogP contribution in [-0.4, -0.2) is 148 Å². The summed E-state index contributed by atoms with van der Waals surface area (Å²) in [5.41, 5.74) is 56.4. The molecule has 1 saturated carbocycles. The second-order valence-corrected chi connectivity index (χ2v) is 15.1. The summed E-state index contributed by atoms with van der Waals surface area (Å²) in [4.78, 5) is 66.5. The third kappa shape index (κ3) is 13.0. The van der Waals surface area contributed by atoms with Crippen molar-refractivity contribution in [3.63, 3.8) is 0 Å². The molecule has 1 aliphatic carbocycles.